The summed E-state index contributed by atoms with van der Waals surface area (Å²) in [5.41, 5.74) is 2.07. The fourth-order valence-corrected chi connectivity index (χ4v) is 2.73. The minimum atomic E-state index is -0.00202. The Labute approximate surface area is 155 Å². The van der Waals surface area contributed by atoms with E-state index < -0.39 is 0 Å². The second-order valence-electron chi connectivity index (χ2n) is 5.31. The monoisotopic (exact) mass is 372 g/mol. The average molecular weight is 373 g/mol. The van der Waals surface area contributed by atoms with Gasteiger partial charge in [-0.2, -0.15) is 4.98 Å². The number of rotatable bonds is 5. The summed E-state index contributed by atoms with van der Waals surface area (Å²) in [6.07, 6.45) is 1.62. The number of anilines is 4. The van der Waals surface area contributed by atoms with Crippen LogP contribution in [0.5, 0.6) is 0 Å². The van der Waals surface area contributed by atoms with Gasteiger partial charge in [-0.05, 0) is 43.3 Å². The first-order chi connectivity index (χ1) is 12.0. The van der Waals surface area contributed by atoms with Crippen molar-refractivity contribution in [3.63, 3.8) is 0 Å². The summed E-state index contributed by atoms with van der Waals surface area (Å²) in [5.74, 6) is 0.982. The second-order valence-corrected chi connectivity index (χ2v) is 6.18. The van der Waals surface area contributed by atoms with Crippen LogP contribution < -0.4 is 10.6 Å². The minimum absolute atomic E-state index is 0.00202. The first kappa shape index (κ1) is 17.2. The third kappa shape index (κ3) is 4.68. The molecule has 0 spiro atoms. The van der Waals surface area contributed by atoms with E-state index >= 15 is 0 Å². The van der Waals surface area contributed by atoms with E-state index in [4.69, 9.17) is 23.2 Å². The van der Waals surface area contributed by atoms with Gasteiger partial charge in [0.25, 0.3) is 0 Å². The summed E-state index contributed by atoms with van der Waals surface area (Å²) in [6, 6.07) is 14.0. The molecule has 126 valence electrons. The maximum absolute atomic E-state index is 11.5. The third-order valence-electron chi connectivity index (χ3n) is 3.32. The van der Waals surface area contributed by atoms with Crippen molar-refractivity contribution in [3.8, 4) is 0 Å². The lowest BCUT2D eigenvalue weighted by atomic mass is 10.1. The van der Waals surface area contributed by atoms with Crippen LogP contribution in [0.25, 0.3) is 0 Å². The van der Waals surface area contributed by atoms with Crippen molar-refractivity contribution in [1.82, 2.24) is 9.97 Å². The van der Waals surface area contributed by atoms with Crippen LogP contribution in [0.1, 0.15) is 17.3 Å². The highest BCUT2D eigenvalue weighted by atomic mass is 35.5. The van der Waals surface area contributed by atoms with Crippen LogP contribution in [-0.4, -0.2) is 15.8 Å². The van der Waals surface area contributed by atoms with E-state index in [2.05, 4.69) is 20.6 Å². The van der Waals surface area contributed by atoms with Gasteiger partial charge in [-0.25, -0.2) is 4.98 Å². The van der Waals surface area contributed by atoms with Crippen molar-refractivity contribution in [1.29, 1.82) is 0 Å². The van der Waals surface area contributed by atoms with Gasteiger partial charge in [0.15, 0.2) is 5.78 Å². The Morgan fingerprint density at radius 2 is 1.72 bits per heavy atom. The Morgan fingerprint density at radius 1 is 0.960 bits per heavy atom. The van der Waals surface area contributed by atoms with E-state index in [0.717, 1.165) is 11.4 Å². The fourth-order valence-electron chi connectivity index (χ4n) is 2.21. The summed E-state index contributed by atoms with van der Waals surface area (Å²) in [5, 5.41) is 7.27. The Hall–Kier alpha value is -2.63. The zero-order valence-corrected chi connectivity index (χ0v) is 14.8. The molecule has 0 radical (unpaired) electrons. The molecule has 2 N–H and O–H groups in total. The van der Waals surface area contributed by atoms with Gasteiger partial charge in [0.2, 0.25) is 5.95 Å². The van der Waals surface area contributed by atoms with Crippen molar-refractivity contribution in [3.05, 3.63) is 70.3 Å². The highest BCUT2D eigenvalue weighted by Crippen LogP contribution is 2.25. The van der Waals surface area contributed by atoms with Gasteiger partial charge in [0, 0.05) is 33.2 Å². The number of hydrogen-bond acceptors (Lipinski definition) is 5. The molecular weight excluding hydrogens is 359 g/mol. The Bertz CT molecular complexity index is 910. The standard InChI is InChI=1S/C18H14Cl2N4O/c1-11(25)12-3-2-4-15(7-12)23-18-21-6-5-17(24-18)22-16-9-13(19)8-14(20)10-16/h2-10H,1H3,(H2,21,22,23,24). The maximum atomic E-state index is 11.5. The van der Waals surface area contributed by atoms with E-state index in [1.807, 2.05) is 6.07 Å². The average Bonchev–Trinajstić information content (AvgIpc) is 2.54. The number of benzene rings is 2. The molecule has 0 atom stereocenters. The molecule has 0 bridgehead atoms. The van der Waals surface area contributed by atoms with Crippen LogP contribution in [0.4, 0.5) is 23.1 Å². The normalized spacial score (nSPS) is 10.4. The molecule has 0 unspecified atom stereocenters. The largest absolute Gasteiger partial charge is 0.340 e. The van der Waals surface area contributed by atoms with Gasteiger partial charge in [-0.15, -0.1) is 0 Å². The Balaban J connectivity index is 1.79. The van der Waals surface area contributed by atoms with Crippen molar-refractivity contribution in [2.45, 2.75) is 6.92 Å². The van der Waals surface area contributed by atoms with Gasteiger partial charge >= 0.3 is 0 Å². The molecule has 0 fully saturated rings. The number of aromatic nitrogens is 2. The maximum Gasteiger partial charge on any atom is 0.229 e. The Morgan fingerprint density at radius 3 is 2.44 bits per heavy atom. The van der Waals surface area contributed by atoms with Crippen LogP contribution >= 0.6 is 23.2 Å². The summed E-state index contributed by atoms with van der Waals surface area (Å²) in [4.78, 5) is 20.1. The molecule has 5 nitrogen and oxygen atoms in total. The number of nitrogens with one attached hydrogen (secondary N) is 2. The van der Waals surface area contributed by atoms with Gasteiger partial charge in [-0.3, -0.25) is 4.79 Å². The summed E-state index contributed by atoms with van der Waals surface area (Å²) >= 11 is 12.0. The molecule has 0 saturated carbocycles. The molecule has 3 rings (SSSR count). The van der Waals surface area contributed by atoms with E-state index in [9.17, 15) is 4.79 Å². The first-order valence-electron chi connectivity index (χ1n) is 7.44. The lowest BCUT2D eigenvalue weighted by molar-refractivity contribution is 0.101. The SMILES string of the molecule is CC(=O)c1cccc(Nc2nccc(Nc3cc(Cl)cc(Cl)c3)n2)c1. The van der Waals surface area contributed by atoms with E-state index in [1.165, 1.54) is 6.92 Å². The number of carbonyl (C=O) groups is 1. The van der Waals surface area contributed by atoms with Crippen molar-refractivity contribution < 1.29 is 4.79 Å². The van der Waals surface area contributed by atoms with E-state index in [0.29, 0.717) is 27.4 Å². The first-order valence-corrected chi connectivity index (χ1v) is 8.19. The molecule has 7 heteroatoms. The van der Waals surface area contributed by atoms with Crippen LogP contribution in [-0.2, 0) is 0 Å². The molecule has 3 aromatic rings. The van der Waals surface area contributed by atoms with Gasteiger partial charge in [-0.1, -0.05) is 35.3 Å². The number of carbonyl (C=O) groups excluding carboxylic acids is 1. The molecule has 1 aromatic heterocycles. The minimum Gasteiger partial charge on any atom is -0.340 e. The van der Waals surface area contributed by atoms with Crippen molar-refractivity contribution in [2.75, 3.05) is 10.6 Å². The topological polar surface area (TPSA) is 66.9 Å². The zero-order chi connectivity index (χ0) is 17.8. The van der Waals surface area contributed by atoms with Crippen molar-refractivity contribution in [2.24, 2.45) is 0 Å². The number of Topliss-reactive ketones (excluding diaryl/α,β-unsaturated/α-hetero) is 1. The van der Waals surface area contributed by atoms with Crippen molar-refractivity contribution >= 4 is 52.1 Å². The summed E-state index contributed by atoms with van der Waals surface area (Å²) in [6.45, 7) is 1.52. The lowest BCUT2D eigenvalue weighted by Gasteiger charge is -2.09. The van der Waals surface area contributed by atoms with Crippen LogP contribution in [0, 0.1) is 0 Å². The van der Waals surface area contributed by atoms with Crippen LogP contribution in [0.2, 0.25) is 10.0 Å². The number of hydrogen-bond donors (Lipinski definition) is 2. The molecule has 0 aliphatic heterocycles. The van der Waals surface area contributed by atoms with E-state index in [-0.39, 0.29) is 5.78 Å². The smallest absolute Gasteiger partial charge is 0.229 e. The quantitative estimate of drug-likeness (QED) is 0.580. The van der Waals surface area contributed by atoms with Gasteiger partial charge in [0.05, 0.1) is 0 Å². The summed E-state index contributed by atoms with van der Waals surface area (Å²) < 4.78 is 0. The van der Waals surface area contributed by atoms with Gasteiger partial charge < -0.3 is 10.6 Å². The molecule has 0 aliphatic carbocycles. The van der Waals surface area contributed by atoms with Crippen LogP contribution in [0.15, 0.2) is 54.7 Å². The number of halogens is 2. The van der Waals surface area contributed by atoms with Crippen LogP contribution in [0.3, 0.4) is 0 Å². The Kier molecular flexibility index (Phi) is 5.16. The lowest BCUT2D eigenvalue weighted by Crippen LogP contribution is -2.01. The second kappa shape index (κ2) is 7.51. The van der Waals surface area contributed by atoms with Gasteiger partial charge in [0.1, 0.15) is 5.82 Å². The molecule has 2 aromatic carbocycles. The molecule has 25 heavy (non-hydrogen) atoms. The number of ketones is 1. The fraction of sp³-hybridized carbons (Fsp3) is 0.0556. The number of nitrogens with zero attached hydrogens (tertiary/aromatic N) is 2. The highest BCUT2D eigenvalue weighted by molar-refractivity contribution is 6.35. The zero-order valence-electron chi connectivity index (χ0n) is 13.3. The molecule has 1 heterocycles. The highest BCUT2D eigenvalue weighted by Gasteiger charge is 2.05. The molecule has 0 aliphatic rings. The molecular formula is C18H14Cl2N4O. The molecule has 0 saturated heterocycles. The predicted molar refractivity (Wildman–Crippen MR) is 102 cm³/mol. The predicted octanol–water partition coefficient (Wildman–Crippen LogP) is 5.47. The summed E-state index contributed by atoms with van der Waals surface area (Å²) in [7, 11) is 0. The molecule has 0 amide bonds. The third-order valence-corrected chi connectivity index (χ3v) is 3.75. The van der Waals surface area contributed by atoms with E-state index in [1.54, 1.807) is 48.7 Å².